The zero-order chi connectivity index (χ0) is 12.6. The van der Waals surface area contributed by atoms with E-state index >= 15 is 0 Å². The molecular weight excluding hydrogens is 224 g/mol. The van der Waals surface area contributed by atoms with Gasteiger partial charge >= 0.3 is 11.9 Å². The van der Waals surface area contributed by atoms with Crippen LogP contribution >= 0.6 is 0 Å². The number of esters is 1. The average molecular weight is 238 g/mol. The molecule has 0 amide bonds. The number of carboxylic acid groups (broad SMARTS) is 1. The molecule has 1 aliphatic rings. The molecule has 6 nitrogen and oxygen atoms in total. The topological polar surface area (TPSA) is 81.4 Å². The number of hydrogen-bond donors (Lipinski definition) is 1. The molecule has 1 heterocycles. The highest BCUT2D eigenvalue weighted by molar-refractivity contribution is 5.92. The van der Waals surface area contributed by atoms with Crippen molar-refractivity contribution in [3.8, 4) is 0 Å². The number of imidazole rings is 1. The van der Waals surface area contributed by atoms with Crippen LogP contribution < -0.4 is 0 Å². The van der Waals surface area contributed by atoms with Crippen molar-refractivity contribution in [2.24, 2.45) is 0 Å². The van der Waals surface area contributed by atoms with Crippen molar-refractivity contribution in [2.75, 3.05) is 0 Å². The van der Waals surface area contributed by atoms with Gasteiger partial charge in [0.25, 0.3) is 0 Å². The van der Waals surface area contributed by atoms with Gasteiger partial charge in [0.05, 0.1) is 12.5 Å². The van der Waals surface area contributed by atoms with Crippen molar-refractivity contribution in [3.63, 3.8) is 0 Å². The Labute approximate surface area is 98.2 Å². The Morgan fingerprint density at radius 2 is 2.18 bits per heavy atom. The summed E-state index contributed by atoms with van der Waals surface area (Å²) in [5.74, 6) is -1.71. The smallest absolute Gasteiger partial charge is 0.357 e. The average Bonchev–Trinajstić information content (AvgIpc) is 2.86. The predicted molar refractivity (Wildman–Crippen MR) is 57.6 cm³/mol. The Balaban J connectivity index is 2.15. The summed E-state index contributed by atoms with van der Waals surface area (Å²) in [7, 11) is 0. The van der Waals surface area contributed by atoms with Crippen LogP contribution in [0.5, 0.6) is 0 Å². The summed E-state index contributed by atoms with van der Waals surface area (Å²) in [6.07, 6.45) is 3.68. The summed E-state index contributed by atoms with van der Waals surface area (Å²) in [4.78, 5) is 26.6. The number of aliphatic carboxylic acids is 1. The van der Waals surface area contributed by atoms with E-state index in [0.29, 0.717) is 12.8 Å². The molecule has 1 N–H and O–H groups in total. The normalized spacial score (nSPS) is 16.9. The maximum Gasteiger partial charge on any atom is 0.357 e. The van der Waals surface area contributed by atoms with Crippen molar-refractivity contribution in [3.05, 3.63) is 18.2 Å². The van der Waals surface area contributed by atoms with Gasteiger partial charge in [0.1, 0.15) is 5.69 Å². The molecule has 1 fully saturated rings. The number of carbonyl (C=O) groups excluding carboxylic acids is 1. The summed E-state index contributed by atoms with van der Waals surface area (Å²) in [6.45, 7) is 3.81. The number of hydrogen-bond acceptors (Lipinski definition) is 4. The first-order chi connectivity index (χ1) is 7.96. The third-order valence-corrected chi connectivity index (χ3v) is 2.81. The summed E-state index contributed by atoms with van der Waals surface area (Å²) in [5, 5.41) is 8.93. The van der Waals surface area contributed by atoms with Crippen molar-refractivity contribution in [1.82, 2.24) is 9.55 Å². The number of ether oxygens (including phenoxy) is 1. The van der Waals surface area contributed by atoms with Gasteiger partial charge in [-0.25, -0.2) is 14.6 Å². The number of aromatic nitrogens is 2. The summed E-state index contributed by atoms with van der Waals surface area (Å²) in [5.41, 5.74) is -1.02. The van der Waals surface area contributed by atoms with E-state index in [9.17, 15) is 9.59 Å². The van der Waals surface area contributed by atoms with Crippen LogP contribution in [0.4, 0.5) is 0 Å². The minimum absolute atomic E-state index is 0.0695. The van der Waals surface area contributed by atoms with E-state index in [2.05, 4.69) is 4.98 Å². The Kier molecular flexibility index (Phi) is 2.65. The molecule has 0 bridgehead atoms. The first-order valence-electron chi connectivity index (χ1n) is 5.45. The molecule has 2 rings (SSSR count). The second-order valence-corrected chi connectivity index (χ2v) is 4.47. The molecule has 1 aliphatic carbocycles. The molecule has 92 valence electrons. The van der Waals surface area contributed by atoms with Gasteiger partial charge in [-0.15, -0.1) is 0 Å². The molecule has 1 saturated carbocycles. The molecule has 0 aromatic carbocycles. The number of carbonyl (C=O) groups is 2. The lowest BCUT2D eigenvalue weighted by atomic mass is 10.3. The molecule has 6 heteroatoms. The van der Waals surface area contributed by atoms with Gasteiger partial charge in [-0.2, -0.15) is 0 Å². The molecule has 0 saturated heterocycles. The highest BCUT2D eigenvalue weighted by Crippen LogP contribution is 2.40. The van der Waals surface area contributed by atoms with Crippen molar-refractivity contribution in [2.45, 2.75) is 38.3 Å². The van der Waals surface area contributed by atoms with Crippen LogP contribution in [0.1, 0.15) is 43.2 Å². The first kappa shape index (κ1) is 11.6. The minimum atomic E-state index is -1.30. The maximum absolute atomic E-state index is 11.8. The van der Waals surface area contributed by atoms with E-state index in [0.717, 1.165) is 0 Å². The van der Waals surface area contributed by atoms with Gasteiger partial charge in [-0.05, 0) is 13.8 Å². The van der Waals surface area contributed by atoms with Crippen LogP contribution in [0, 0.1) is 0 Å². The van der Waals surface area contributed by atoms with Crippen molar-refractivity contribution in [1.29, 1.82) is 0 Å². The van der Waals surface area contributed by atoms with E-state index in [1.807, 2.05) is 13.8 Å². The molecule has 17 heavy (non-hydrogen) atoms. The fourth-order valence-electron chi connectivity index (χ4n) is 1.58. The van der Waals surface area contributed by atoms with Gasteiger partial charge in [0, 0.05) is 18.9 Å². The summed E-state index contributed by atoms with van der Waals surface area (Å²) < 4.78 is 6.70. The largest absolute Gasteiger partial charge is 0.478 e. The second kappa shape index (κ2) is 3.87. The highest BCUT2D eigenvalue weighted by atomic mass is 16.6. The van der Waals surface area contributed by atoms with Crippen LogP contribution in [0.15, 0.2) is 12.5 Å². The van der Waals surface area contributed by atoms with E-state index in [1.54, 1.807) is 4.57 Å². The molecule has 0 aliphatic heterocycles. The maximum atomic E-state index is 11.8. The Morgan fingerprint density at radius 1 is 1.53 bits per heavy atom. The van der Waals surface area contributed by atoms with Crippen molar-refractivity contribution < 1.29 is 19.4 Å². The van der Waals surface area contributed by atoms with Gasteiger partial charge in [-0.3, -0.25) is 0 Å². The molecule has 0 spiro atoms. The lowest BCUT2D eigenvalue weighted by Gasteiger charge is -2.14. The molecule has 0 unspecified atom stereocenters. The van der Waals surface area contributed by atoms with Crippen LogP contribution in [0.3, 0.4) is 0 Å². The summed E-state index contributed by atoms with van der Waals surface area (Å²) in [6, 6.07) is 0.0695. The Hall–Kier alpha value is -1.85. The van der Waals surface area contributed by atoms with Crippen LogP contribution in [0.25, 0.3) is 0 Å². The standard InChI is InChI=1S/C11H14N2O4/c1-7(2)13-6-12-5-8(13)9(14)17-11(3-4-11)10(15)16/h5-7H,3-4H2,1-2H3,(H,15,16). The van der Waals surface area contributed by atoms with E-state index in [4.69, 9.17) is 9.84 Å². The fraction of sp³-hybridized carbons (Fsp3) is 0.545. The third kappa shape index (κ3) is 2.02. The van der Waals surface area contributed by atoms with E-state index < -0.39 is 17.5 Å². The van der Waals surface area contributed by atoms with Crippen molar-refractivity contribution >= 4 is 11.9 Å². The Bertz CT molecular complexity index is 460. The van der Waals surface area contributed by atoms with Gasteiger partial charge in [-0.1, -0.05) is 0 Å². The highest BCUT2D eigenvalue weighted by Gasteiger charge is 2.55. The van der Waals surface area contributed by atoms with Gasteiger partial charge in [0.15, 0.2) is 0 Å². The monoisotopic (exact) mass is 238 g/mol. The van der Waals surface area contributed by atoms with Crippen LogP contribution in [-0.2, 0) is 9.53 Å². The zero-order valence-corrected chi connectivity index (χ0v) is 9.71. The van der Waals surface area contributed by atoms with E-state index in [-0.39, 0.29) is 11.7 Å². The predicted octanol–water partition coefficient (Wildman–Crippen LogP) is 1.24. The lowest BCUT2D eigenvalue weighted by molar-refractivity contribution is -0.149. The van der Waals surface area contributed by atoms with Crippen LogP contribution in [0.2, 0.25) is 0 Å². The van der Waals surface area contributed by atoms with Gasteiger partial charge < -0.3 is 14.4 Å². The number of rotatable bonds is 4. The zero-order valence-electron chi connectivity index (χ0n) is 9.71. The SMILES string of the molecule is CC(C)n1cncc1C(=O)OC1(C(=O)O)CC1. The fourth-order valence-corrected chi connectivity index (χ4v) is 1.58. The third-order valence-electron chi connectivity index (χ3n) is 2.81. The molecule has 0 radical (unpaired) electrons. The number of nitrogens with zero attached hydrogens (tertiary/aromatic N) is 2. The summed E-state index contributed by atoms with van der Waals surface area (Å²) >= 11 is 0. The van der Waals surface area contributed by atoms with Crippen LogP contribution in [-0.4, -0.2) is 32.2 Å². The molecular formula is C11H14N2O4. The lowest BCUT2D eigenvalue weighted by Crippen LogP contribution is -2.29. The number of carboxylic acids is 1. The first-order valence-corrected chi connectivity index (χ1v) is 5.45. The van der Waals surface area contributed by atoms with E-state index in [1.165, 1.54) is 12.5 Å². The molecule has 0 atom stereocenters. The quantitative estimate of drug-likeness (QED) is 0.798. The van der Waals surface area contributed by atoms with Gasteiger partial charge in [0.2, 0.25) is 5.60 Å². The minimum Gasteiger partial charge on any atom is -0.478 e. The molecule has 1 aromatic heterocycles. The second-order valence-electron chi connectivity index (χ2n) is 4.47. The Morgan fingerprint density at radius 3 is 2.65 bits per heavy atom. The molecule has 1 aromatic rings.